The number of nitrogens with zero attached hydrogens (tertiary/aromatic N) is 1. The second-order valence-electron chi connectivity index (χ2n) is 4.10. The Kier molecular flexibility index (Phi) is 6.15. The van der Waals surface area contributed by atoms with Gasteiger partial charge < -0.3 is 10.1 Å². The first-order valence-corrected chi connectivity index (χ1v) is 5.83. The topological polar surface area (TPSA) is 24.5 Å². The molecule has 0 radical (unpaired) electrons. The van der Waals surface area contributed by atoms with Crippen LogP contribution < -0.4 is 5.32 Å². The van der Waals surface area contributed by atoms with Crippen LogP contribution in [0.2, 0.25) is 0 Å². The first-order valence-electron chi connectivity index (χ1n) is 5.83. The highest BCUT2D eigenvalue weighted by atomic mass is 16.5. The molecule has 1 aliphatic heterocycles. The van der Waals surface area contributed by atoms with E-state index in [-0.39, 0.29) is 0 Å². The lowest BCUT2D eigenvalue weighted by molar-refractivity contribution is 0.159. The predicted molar refractivity (Wildman–Crippen MR) is 59.6 cm³/mol. The molecule has 0 spiro atoms. The van der Waals surface area contributed by atoms with Crippen LogP contribution in [0.15, 0.2) is 0 Å². The molecular formula is C11H24N2O. The van der Waals surface area contributed by atoms with Crippen molar-refractivity contribution in [3.05, 3.63) is 0 Å². The molecule has 0 aromatic rings. The molecule has 0 aromatic carbocycles. The van der Waals surface area contributed by atoms with Crippen LogP contribution in [-0.4, -0.2) is 50.8 Å². The van der Waals surface area contributed by atoms with Crippen molar-refractivity contribution >= 4 is 0 Å². The van der Waals surface area contributed by atoms with E-state index in [1.54, 1.807) is 0 Å². The molecule has 0 aromatic heterocycles. The van der Waals surface area contributed by atoms with E-state index in [1.165, 1.54) is 19.3 Å². The Morgan fingerprint density at radius 1 is 1.43 bits per heavy atom. The number of hydrogen-bond donors (Lipinski definition) is 1. The fourth-order valence-corrected chi connectivity index (χ4v) is 1.73. The van der Waals surface area contributed by atoms with Crippen LogP contribution in [0.4, 0.5) is 0 Å². The molecular weight excluding hydrogens is 176 g/mol. The average molecular weight is 200 g/mol. The van der Waals surface area contributed by atoms with Gasteiger partial charge in [-0.15, -0.1) is 0 Å². The van der Waals surface area contributed by atoms with Crippen LogP contribution in [0.25, 0.3) is 0 Å². The number of unbranched alkanes of at least 4 members (excludes halogenated alkanes) is 1. The minimum atomic E-state index is 0.656. The minimum absolute atomic E-state index is 0.656. The van der Waals surface area contributed by atoms with E-state index in [4.69, 9.17) is 4.74 Å². The maximum Gasteiger partial charge on any atom is 0.0622 e. The van der Waals surface area contributed by atoms with E-state index in [0.717, 1.165) is 32.8 Å². The van der Waals surface area contributed by atoms with Gasteiger partial charge in [0.15, 0.2) is 0 Å². The van der Waals surface area contributed by atoms with Crippen LogP contribution >= 0.6 is 0 Å². The predicted octanol–water partition coefficient (Wildman–Crippen LogP) is 1.10. The summed E-state index contributed by atoms with van der Waals surface area (Å²) in [5.74, 6) is 0. The third-order valence-electron chi connectivity index (χ3n) is 2.88. The van der Waals surface area contributed by atoms with Crippen molar-refractivity contribution in [2.24, 2.45) is 0 Å². The van der Waals surface area contributed by atoms with Gasteiger partial charge in [0, 0.05) is 25.7 Å². The van der Waals surface area contributed by atoms with Crippen molar-refractivity contribution in [1.29, 1.82) is 0 Å². The monoisotopic (exact) mass is 200 g/mol. The SMILES string of the molecule is CCCCNCCN(C)C1CCOC1. The highest BCUT2D eigenvalue weighted by Crippen LogP contribution is 2.09. The zero-order valence-corrected chi connectivity index (χ0v) is 9.59. The summed E-state index contributed by atoms with van der Waals surface area (Å²) < 4.78 is 5.36. The molecule has 0 aliphatic carbocycles. The Hall–Kier alpha value is -0.120. The van der Waals surface area contributed by atoms with Crippen molar-refractivity contribution in [1.82, 2.24) is 10.2 Å². The summed E-state index contributed by atoms with van der Waals surface area (Å²) >= 11 is 0. The number of hydrogen-bond acceptors (Lipinski definition) is 3. The van der Waals surface area contributed by atoms with E-state index in [1.807, 2.05) is 0 Å². The van der Waals surface area contributed by atoms with E-state index in [0.29, 0.717) is 6.04 Å². The van der Waals surface area contributed by atoms with E-state index in [9.17, 15) is 0 Å². The Bertz CT molecular complexity index is 135. The average Bonchev–Trinajstić information content (AvgIpc) is 2.70. The second kappa shape index (κ2) is 7.21. The molecule has 3 heteroatoms. The summed E-state index contributed by atoms with van der Waals surface area (Å²) in [5, 5.41) is 3.46. The zero-order chi connectivity index (χ0) is 10.2. The quantitative estimate of drug-likeness (QED) is 0.623. The highest BCUT2D eigenvalue weighted by molar-refractivity contribution is 4.73. The van der Waals surface area contributed by atoms with Gasteiger partial charge in [0.05, 0.1) is 6.61 Å². The van der Waals surface area contributed by atoms with E-state index in [2.05, 4.69) is 24.2 Å². The van der Waals surface area contributed by atoms with Gasteiger partial charge in [0.25, 0.3) is 0 Å². The van der Waals surface area contributed by atoms with Gasteiger partial charge >= 0.3 is 0 Å². The molecule has 1 rings (SSSR count). The lowest BCUT2D eigenvalue weighted by Crippen LogP contribution is -2.37. The van der Waals surface area contributed by atoms with Crippen molar-refractivity contribution in [2.75, 3.05) is 39.9 Å². The molecule has 0 saturated carbocycles. The molecule has 0 bridgehead atoms. The summed E-state index contributed by atoms with van der Waals surface area (Å²) in [6.07, 6.45) is 3.76. The Morgan fingerprint density at radius 2 is 2.29 bits per heavy atom. The Labute approximate surface area is 87.8 Å². The van der Waals surface area contributed by atoms with Crippen LogP contribution in [-0.2, 0) is 4.74 Å². The first kappa shape index (κ1) is 12.0. The molecule has 1 unspecified atom stereocenters. The van der Waals surface area contributed by atoms with Gasteiger partial charge in [0.1, 0.15) is 0 Å². The lowest BCUT2D eigenvalue weighted by atomic mass is 10.2. The highest BCUT2D eigenvalue weighted by Gasteiger charge is 2.19. The molecule has 1 aliphatic rings. The molecule has 1 atom stereocenters. The first-order chi connectivity index (χ1) is 6.84. The molecule has 1 N–H and O–H groups in total. The molecule has 3 nitrogen and oxygen atoms in total. The van der Waals surface area contributed by atoms with E-state index >= 15 is 0 Å². The number of ether oxygens (including phenoxy) is 1. The van der Waals surface area contributed by atoms with Crippen molar-refractivity contribution in [2.45, 2.75) is 32.2 Å². The van der Waals surface area contributed by atoms with Crippen LogP contribution in [0, 0.1) is 0 Å². The number of nitrogens with one attached hydrogen (secondary N) is 1. The Morgan fingerprint density at radius 3 is 2.93 bits per heavy atom. The largest absolute Gasteiger partial charge is 0.380 e. The molecule has 14 heavy (non-hydrogen) atoms. The van der Waals surface area contributed by atoms with Crippen molar-refractivity contribution in [3.8, 4) is 0 Å². The van der Waals surface area contributed by atoms with Crippen LogP contribution in [0.5, 0.6) is 0 Å². The van der Waals surface area contributed by atoms with Gasteiger partial charge in [-0.25, -0.2) is 0 Å². The van der Waals surface area contributed by atoms with Crippen LogP contribution in [0.1, 0.15) is 26.2 Å². The van der Waals surface area contributed by atoms with Gasteiger partial charge in [-0.3, -0.25) is 4.90 Å². The fourth-order valence-electron chi connectivity index (χ4n) is 1.73. The molecule has 1 heterocycles. The standard InChI is InChI=1S/C11H24N2O/c1-3-4-6-12-7-8-13(2)11-5-9-14-10-11/h11-12H,3-10H2,1-2H3. The third-order valence-corrected chi connectivity index (χ3v) is 2.88. The zero-order valence-electron chi connectivity index (χ0n) is 9.59. The summed E-state index contributed by atoms with van der Waals surface area (Å²) in [5.41, 5.74) is 0. The molecule has 0 amide bonds. The van der Waals surface area contributed by atoms with Gasteiger partial charge in [-0.1, -0.05) is 13.3 Å². The van der Waals surface area contributed by atoms with Gasteiger partial charge in [-0.05, 0) is 26.4 Å². The van der Waals surface area contributed by atoms with Crippen LogP contribution in [0.3, 0.4) is 0 Å². The summed E-state index contributed by atoms with van der Waals surface area (Å²) in [6.45, 7) is 7.49. The smallest absolute Gasteiger partial charge is 0.0622 e. The maximum absolute atomic E-state index is 5.36. The molecule has 84 valence electrons. The lowest BCUT2D eigenvalue weighted by Gasteiger charge is -2.22. The molecule has 1 fully saturated rings. The fraction of sp³-hybridized carbons (Fsp3) is 1.00. The summed E-state index contributed by atoms with van der Waals surface area (Å²) in [4.78, 5) is 2.41. The Balaban J connectivity index is 1.94. The van der Waals surface area contributed by atoms with Gasteiger partial charge in [0.2, 0.25) is 0 Å². The summed E-state index contributed by atoms with van der Waals surface area (Å²) in [6, 6.07) is 0.656. The second-order valence-corrected chi connectivity index (χ2v) is 4.10. The molecule has 1 saturated heterocycles. The third kappa shape index (κ3) is 4.40. The van der Waals surface area contributed by atoms with Crippen molar-refractivity contribution < 1.29 is 4.74 Å². The van der Waals surface area contributed by atoms with Crippen molar-refractivity contribution in [3.63, 3.8) is 0 Å². The van der Waals surface area contributed by atoms with E-state index < -0.39 is 0 Å². The minimum Gasteiger partial charge on any atom is -0.380 e. The number of likely N-dealkylation sites (N-methyl/N-ethyl adjacent to an activating group) is 1. The van der Waals surface area contributed by atoms with Gasteiger partial charge in [-0.2, -0.15) is 0 Å². The normalized spacial score (nSPS) is 22.1. The summed E-state index contributed by atoms with van der Waals surface area (Å²) in [7, 11) is 2.20. The maximum atomic E-state index is 5.36. The number of rotatable bonds is 7.